The van der Waals surface area contributed by atoms with E-state index in [2.05, 4.69) is 6.92 Å². The number of nitrogens with zero attached hydrogens (tertiary/aromatic N) is 2. The standard InChI is InChI=1S/C16H29N2O3/c1-5-6-7-8-9-14(19)17-10-12-18(13-11-17)15(20)21-16(2,3)4/h1,5-13H2,2-4H3. The fourth-order valence-electron chi connectivity index (χ4n) is 2.25. The van der Waals surface area contributed by atoms with Crippen LogP contribution >= 0.6 is 0 Å². The average molecular weight is 297 g/mol. The first-order chi connectivity index (χ1) is 9.83. The van der Waals surface area contributed by atoms with Gasteiger partial charge in [0.05, 0.1) is 0 Å². The lowest BCUT2D eigenvalue weighted by atomic mass is 10.1. The minimum atomic E-state index is -0.474. The van der Waals surface area contributed by atoms with E-state index in [1.807, 2.05) is 25.7 Å². The van der Waals surface area contributed by atoms with Crippen LogP contribution in [-0.2, 0) is 9.53 Å². The predicted octanol–water partition coefficient (Wildman–Crippen LogP) is 2.85. The van der Waals surface area contributed by atoms with Gasteiger partial charge in [-0.1, -0.05) is 26.2 Å². The molecule has 1 aliphatic rings. The Morgan fingerprint density at radius 1 is 1.00 bits per heavy atom. The molecule has 1 heterocycles. The molecule has 0 atom stereocenters. The fourth-order valence-corrected chi connectivity index (χ4v) is 2.25. The van der Waals surface area contributed by atoms with Gasteiger partial charge in [-0.2, -0.15) is 0 Å². The normalized spacial score (nSPS) is 16.0. The second kappa shape index (κ2) is 8.25. The molecule has 0 N–H and O–H groups in total. The van der Waals surface area contributed by atoms with Crippen molar-refractivity contribution in [3.05, 3.63) is 6.92 Å². The minimum absolute atomic E-state index is 0.197. The molecule has 121 valence electrons. The number of carbonyl (C=O) groups excluding carboxylic acids is 2. The molecule has 0 bridgehead atoms. The molecule has 5 heteroatoms. The van der Waals surface area contributed by atoms with Gasteiger partial charge in [-0.05, 0) is 27.2 Å². The summed E-state index contributed by atoms with van der Waals surface area (Å²) in [6.45, 7) is 11.7. The summed E-state index contributed by atoms with van der Waals surface area (Å²) in [5, 5.41) is 0. The van der Waals surface area contributed by atoms with Gasteiger partial charge < -0.3 is 14.5 Å². The van der Waals surface area contributed by atoms with Crippen LogP contribution in [0, 0.1) is 6.92 Å². The van der Waals surface area contributed by atoms with Crippen LogP contribution in [0.1, 0.15) is 52.9 Å². The van der Waals surface area contributed by atoms with E-state index in [-0.39, 0.29) is 12.0 Å². The van der Waals surface area contributed by atoms with Crippen molar-refractivity contribution in [2.24, 2.45) is 0 Å². The first kappa shape index (κ1) is 17.8. The van der Waals surface area contributed by atoms with Gasteiger partial charge in [0.2, 0.25) is 5.91 Å². The van der Waals surface area contributed by atoms with Gasteiger partial charge in [-0.25, -0.2) is 4.79 Å². The number of hydrogen-bond acceptors (Lipinski definition) is 3. The second-order valence-corrected chi connectivity index (χ2v) is 6.51. The Bertz CT molecular complexity index is 342. The summed E-state index contributed by atoms with van der Waals surface area (Å²) in [5.41, 5.74) is -0.474. The number of carbonyl (C=O) groups is 2. The summed E-state index contributed by atoms with van der Waals surface area (Å²) in [6.07, 6.45) is 4.33. The highest BCUT2D eigenvalue weighted by molar-refractivity contribution is 5.76. The smallest absolute Gasteiger partial charge is 0.410 e. The van der Waals surface area contributed by atoms with Crippen LogP contribution in [-0.4, -0.2) is 53.6 Å². The quantitative estimate of drug-likeness (QED) is 0.733. The van der Waals surface area contributed by atoms with Crippen LogP contribution in [0.2, 0.25) is 0 Å². The van der Waals surface area contributed by atoms with Gasteiger partial charge in [0.15, 0.2) is 0 Å². The summed E-state index contributed by atoms with van der Waals surface area (Å²) >= 11 is 0. The highest BCUT2D eigenvalue weighted by Crippen LogP contribution is 2.13. The molecule has 1 fully saturated rings. The van der Waals surface area contributed by atoms with Crippen molar-refractivity contribution in [3.8, 4) is 0 Å². The van der Waals surface area contributed by atoms with Gasteiger partial charge in [0.25, 0.3) is 0 Å². The largest absolute Gasteiger partial charge is 0.444 e. The Labute approximate surface area is 128 Å². The number of hydrogen-bond donors (Lipinski definition) is 0. The molecule has 5 nitrogen and oxygen atoms in total. The molecule has 0 unspecified atom stereocenters. The molecule has 2 amide bonds. The Hall–Kier alpha value is -1.26. The van der Waals surface area contributed by atoms with E-state index in [1.165, 1.54) is 0 Å². The van der Waals surface area contributed by atoms with Crippen molar-refractivity contribution in [1.29, 1.82) is 0 Å². The van der Waals surface area contributed by atoms with Crippen LogP contribution in [0.5, 0.6) is 0 Å². The lowest BCUT2D eigenvalue weighted by Gasteiger charge is -2.35. The second-order valence-electron chi connectivity index (χ2n) is 6.51. The van der Waals surface area contributed by atoms with Crippen molar-refractivity contribution in [2.75, 3.05) is 26.2 Å². The monoisotopic (exact) mass is 297 g/mol. The van der Waals surface area contributed by atoms with E-state index in [1.54, 1.807) is 4.90 Å². The topological polar surface area (TPSA) is 49.9 Å². The highest BCUT2D eigenvalue weighted by atomic mass is 16.6. The molecule has 0 aromatic carbocycles. The molecule has 0 spiro atoms. The van der Waals surface area contributed by atoms with E-state index in [9.17, 15) is 9.59 Å². The summed E-state index contributed by atoms with van der Waals surface area (Å²) in [6, 6.07) is 0. The third kappa shape index (κ3) is 6.82. The van der Waals surface area contributed by atoms with Crippen molar-refractivity contribution in [3.63, 3.8) is 0 Å². The maximum Gasteiger partial charge on any atom is 0.410 e. The molecule has 0 aromatic heterocycles. The van der Waals surface area contributed by atoms with E-state index >= 15 is 0 Å². The lowest BCUT2D eigenvalue weighted by Crippen LogP contribution is -2.51. The maximum atomic E-state index is 12.0. The van der Waals surface area contributed by atoms with Crippen LogP contribution in [0.15, 0.2) is 0 Å². The van der Waals surface area contributed by atoms with Gasteiger partial charge in [-0.15, -0.1) is 0 Å². The molecule has 1 aliphatic heterocycles. The number of amides is 2. The zero-order valence-corrected chi connectivity index (χ0v) is 13.7. The fraction of sp³-hybridized carbons (Fsp3) is 0.812. The summed E-state index contributed by atoms with van der Waals surface area (Å²) in [4.78, 5) is 27.5. The molecule has 1 saturated heterocycles. The zero-order chi connectivity index (χ0) is 15.9. The highest BCUT2D eigenvalue weighted by Gasteiger charge is 2.27. The molecule has 1 radical (unpaired) electrons. The van der Waals surface area contributed by atoms with Gasteiger partial charge in [0.1, 0.15) is 5.60 Å². The minimum Gasteiger partial charge on any atom is -0.444 e. The molecular weight excluding hydrogens is 268 g/mol. The summed E-state index contributed by atoms with van der Waals surface area (Å²) in [7, 11) is 0. The molecule has 0 aromatic rings. The average Bonchev–Trinajstić information content (AvgIpc) is 2.41. The van der Waals surface area contributed by atoms with Crippen molar-refractivity contribution < 1.29 is 14.3 Å². The van der Waals surface area contributed by atoms with Gasteiger partial charge in [-0.3, -0.25) is 4.79 Å². The number of rotatable bonds is 5. The lowest BCUT2D eigenvalue weighted by molar-refractivity contribution is -0.133. The Morgan fingerprint density at radius 2 is 1.57 bits per heavy atom. The zero-order valence-electron chi connectivity index (χ0n) is 13.7. The first-order valence-corrected chi connectivity index (χ1v) is 7.88. The Balaban J connectivity index is 2.28. The number of piperazine rings is 1. The van der Waals surface area contributed by atoms with E-state index in [0.717, 1.165) is 25.7 Å². The van der Waals surface area contributed by atoms with Crippen molar-refractivity contribution >= 4 is 12.0 Å². The van der Waals surface area contributed by atoms with Crippen molar-refractivity contribution in [2.45, 2.75) is 58.5 Å². The number of unbranched alkanes of at least 4 members (excludes halogenated alkanes) is 3. The van der Waals surface area contributed by atoms with Crippen LogP contribution < -0.4 is 0 Å². The van der Waals surface area contributed by atoms with Crippen LogP contribution in [0.25, 0.3) is 0 Å². The van der Waals surface area contributed by atoms with E-state index in [0.29, 0.717) is 32.6 Å². The Kier molecular flexibility index (Phi) is 6.99. The van der Waals surface area contributed by atoms with Gasteiger partial charge in [0, 0.05) is 32.6 Å². The van der Waals surface area contributed by atoms with Crippen LogP contribution in [0.4, 0.5) is 4.79 Å². The Morgan fingerprint density at radius 3 is 2.10 bits per heavy atom. The molecule has 21 heavy (non-hydrogen) atoms. The van der Waals surface area contributed by atoms with E-state index in [4.69, 9.17) is 4.74 Å². The summed E-state index contributed by atoms with van der Waals surface area (Å²) < 4.78 is 5.34. The third-order valence-corrected chi connectivity index (χ3v) is 3.42. The molecule has 0 aliphatic carbocycles. The first-order valence-electron chi connectivity index (χ1n) is 7.88. The SMILES string of the molecule is [CH2]CCCCCC(=O)N1CCN(C(=O)OC(C)(C)C)CC1. The third-order valence-electron chi connectivity index (χ3n) is 3.42. The predicted molar refractivity (Wildman–Crippen MR) is 82.8 cm³/mol. The molecule has 1 rings (SSSR count). The molecule has 0 saturated carbocycles. The van der Waals surface area contributed by atoms with Crippen LogP contribution in [0.3, 0.4) is 0 Å². The summed E-state index contributed by atoms with van der Waals surface area (Å²) in [5.74, 6) is 0.197. The molecular formula is C16H29N2O3. The maximum absolute atomic E-state index is 12.0. The van der Waals surface area contributed by atoms with Gasteiger partial charge >= 0.3 is 6.09 Å². The number of ether oxygens (including phenoxy) is 1. The van der Waals surface area contributed by atoms with E-state index < -0.39 is 5.60 Å². The van der Waals surface area contributed by atoms with Crippen molar-refractivity contribution in [1.82, 2.24) is 9.80 Å².